The Morgan fingerprint density at radius 2 is 2.00 bits per heavy atom. The van der Waals surface area contributed by atoms with E-state index in [-0.39, 0.29) is 24.2 Å². The first-order valence-corrected chi connectivity index (χ1v) is 7.89. The highest BCUT2D eigenvalue weighted by Crippen LogP contribution is 2.17. The van der Waals surface area contributed by atoms with Crippen molar-refractivity contribution in [2.24, 2.45) is 5.73 Å². The number of ether oxygens (including phenoxy) is 1. The summed E-state index contributed by atoms with van der Waals surface area (Å²) in [7, 11) is 1.58. The van der Waals surface area contributed by atoms with Crippen LogP contribution in [0.1, 0.15) is 21.9 Å². The van der Waals surface area contributed by atoms with E-state index in [0.717, 1.165) is 5.01 Å². The average molecular weight is 371 g/mol. The quantitative estimate of drug-likeness (QED) is 0.688. The van der Waals surface area contributed by atoms with Crippen LogP contribution in [0.15, 0.2) is 29.6 Å². The molecular weight excluding hydrogens is 352 g/mol. The van der Waals surface area contributed by atoms with E-state index >= 15 is 0 Å². The molecule has 0 unspecified atom stereocenters. The van der Waals surface area contributed by atoms with Gasteiger partial charge in [0.1, 0.15) is 16.5 Å². The lowest BCUT2D eigenvalue weighted by Gasteiger charge is -2.07. The predicted molar refractivity (Wildman–Crippen MR) is 95.8 cm³/mol. The molecule has 0 radical (unpaired) electrons. The normalized spacial score (nSPS) is 9.75. The Balaban J connectivity index is 0.00000288. The molecule has 7 nitrogen and oxygen atoms in total. The Morgan fingerprint density at radius 1 is 1.29 bits per heavy atom. The summed E-state index contributed by atoms with van der Waals surface area (Å²) in [5, 5.41) is 7.67. The van der Waals surface area contributed by atoms with Crippen molar-refractivity contribution in [3.05, 3.63) is 40.3 Å². The Morgan fingerprint density at radius 3 is 2.58 bits per heavy atom. The number of nitrogens with two attached hydrogens (primary N) is 1. The van der Waals surface area contributed by atoms with Crippen molar-refractivity contribution in [1.29, 1.82) is 0 Å². The maximum absolute atomic E-state index is 12.0. The van der Waals surface area contributed by atoms with Crippen LogP contribution in [-0.4, -0.2) is 30.5 Å². The lowest BCUT2D eigenvalue weighted by Crippen LogP contribution is -2.20. The molecule has 0 bridgehead atoms. The third kappa shape index (κ3) is 5.80. The smallest absolute Gasteiger partial charge is 0.275 e. The molecule has 0 aliphatic rings. The number of anilines is 1. The fraction of sp³-hybridized carbons (Fsp3) is 0.267. The number of hydrogen-bond donors (Lipinski definition) is 3. The second-order valence-corrected chi connectivity index (χ2v) is 5.52. The maximum Gasteiger partial charge on any atom is 0.275 e. The second kappa shape index (κ2) is 9.86. The molecule has 1 aromatic carbocycles. The molecule has 24 heavy (non-hydrogen) atoms. The molecule has 9 heteroatoms. The Bertz CT molecular complexity index is 676. The largest absolute Gasteiger partial charge is 0.493 e. The van der Waals surface area contributed by atoms with Gasteiger partial charge in [-0.2, -0.15) is 0 Å². The maximum atomic E-state index is 12.0. The van der Waals surface area contributed by atoms with Crippen LogP contribution in [0.2, 0.25) is 0 Å². The Hall–Kier alpha value is -2.16. The average Bonchev–Trinajstić information content (AvgIpc) is 3.05. The minimum Gasteiger partial charge on any atom is -0.493 e. The molecule has 0 aliphatic heterocycles. The number of amides is 2. The summed E-state index contributed by atoms with van der Waals surface area (Å²) in [4.78, 5) is 27.2. The van der Waals surface area contributed by atoms with Gasteiger partial charge in [-0.25, -0.2) is 4.98 Å². The van der Waals surface area contributed by atoms with Gasteiger partial charge in [0.15, 0.2) is 0 Å². The summed E-state index contributed by atoms with van der Waals surface area (Å²) in [6.07, 6.45) is 0.294. The first kappa shape index (κ1) is 19.9. The number of carbonyl (C=O) groups excluding carboxylic acids is 2. The van der Waals surface area contributed by atoms with E-state index < -0.39 is 0 Å². The van der Waals surface area contributed by atoms with E-state index in [1.54, 1.807) is 36.7 Å². The van der Waals surface area contributed by atoms with Crippen molar-refractivity contribution >= 4 is 41.2 Å². The Labute approximate surface area is 150 Å². The molecule has 0 fully saturated rings. The zero-order valence-electron chi connectivity index (χ0n) is 13.1. The van der Waals surface area contributed by atoms with Crippen molar-refractivity contribution in [2.45, 2.75) is 13.0 Å². The topological polar surface area (TPSA) is 106 Å². The molecular formula is C15H19ClN4O3S. The van der Waals surface area contributed by atoms with Gasteiger partial charge in [-0.05, 0) is 24.3 Å². The van der Waals surface area contributed by atoms with E-state index in [2.05, 4.69) is 15.6 Å². The number of nitrogens with zero attached hydrogens (tertiary/aromatic N) is 1. The van der Waals surface area contributed by atoms with Crippen LogP contribution >= 0.6 is 23.7 Å². The highest BCUT2D eigenvalue weighted by Gasteiger charge is 2.10. The van der Waals surface area contributed by atoms with Gasteiger partial charge >= 0.3 is 0 Å². The summed E-state index contributed by atoms with van der Waals surface area (Å²) < 4.78 is 5.44. The van der Waals surface area contributed by atoms with Gasteiger partial charge in [-0.3, -0.25) is 9.59 Å². The number of halogens is 1. The van der Waals surface area contributed by atoms with Gasteiger partial charge in [0.05, 0.1) is 13.0 Å². The van der Waals surface area contributed by atoms with Gasteiger partial charge < -0.3 is 21.1 Å². The van der Waals surface area contributed by atoms with Crippen LogP contribution in [0.25, 0.3) is 0 Å². The lowest BCUT2D eigenvalue weighted by molar-refractivity contribution is -0.121. The fourth-order valence-electron chi connectivity index (χ4n) is 1.73. The van der Waals surface area contributed by atoms with Crippen LogP contribution in [0.4, 0.5) is 5.69 Å². The molecule has 0 atom stereocenters. The highest BCUT2D eigenvalue weighted by atomic mass is 35.5. The predicted octanol–water partition coefficient (Wildman–Crippen LogP) is 1.79. The van der Waals surface area contributed by atoms with E-state index in [9.17, 15) is 9.59 Å². The number of aromatic nitrogens is 1. The lowest BCUT2D eigenvalue weighted by atomic mass is 10.3. The molecule has 0 spiro atoms. The molecule has 0 saturated carbocycles. The highest BCUT2D eigenvalue weighted by molar-refractivity contribution is 7.09. The molecule has 2 aromatic rings. The fourth-order valence-corrected chi connectivity index (χ4v) is 2.38. The second-order valence-electron chi connectivity index (χ2n) is 4.58. The number of rotatable bonds is 7. The van der Waals surface area contributed by atoms with Crippen molar-refractivity contribution in [2.75, 3.05) is 19.0 Å². The first-order valence-electron chi connectivity index (χ1n) is 7.01. The van der Waals surface area contributed by atoms with Crippen molar-refractivity contribution < 1.29 is 14.3 Å². The molecule has 0 saturated heterocycles. The third-order valence-electron chi connectivity index (χ3n) is 2.95. The van der Waals surface area contributed by atoms with Gasteiger partial charge in [0.25, 0.3) is 5.91 Å². The van der Waals surface area contributed by atoms with Crippen LogP contribution < -0.4 is 21.1 Å². The van der Waals surface area contributed by atoms with E-state index in [0.29, 0.717) is 36.7 Å². The van der Waals surface area contributed by atoms with Gasteiger partial charge in [0, 0.05) is 24.7 Å². The summed E-state index contributed by atoms with van der Waals surface area (Å²) in [5.41, 5.74) is 6.46. The molecule has 2 rings (SSSR count). The van der Waals surface area contributed by atoms with Crippen LogP contribution in [0.3, 0.4) is 0 Å². The zero-order valence-corrected chi connectivity index (χ0v) is 14.7. The number of hydrogen-bond acceptors (Lipinski definition) is 6. The zero-order chi connectivity index (χ0) is 16.7. The number of carbonyl (C=O) groups is 2. The number of nitrogens with one attached hydrogen (secondary N) is 2. The molecule has 4 N–H and O–H groups in total. The first-order chi connectivity index (χ1) is 11.1. The monoisotopic (exact) mass is 370 g/mol. The van der Waals surface area contributed by atoms with E-state index in [1.807, 2.05) is 0 Å². The molecule has 1 heterocycles. The summed E-state index contributed by atoms with van der Waals surface area (Å²) >= 11 is 1.35. The van der Waals surface area contributed by atoms with Crippen molar-refractivity contribution in [3.63, 3.8) is 0 Å². The molecule has 2 amide bonds. The van der Waals surface area contributed by atoms with Crippen molar-refractivity contribution in [3.8, 4) is 5.75 Å². The minimum absolute atomic E-state index is 0. The minimum atomic E-state index is -0.283. The summed E-state index contributed by atoms with van der Waals surface area (Å²) in [5.74, 6) is 0.272. The van der Waals surface area contributed by atoms with Crippen LogP contribution in [0.5, 0.6) is 5.75 Å². The van der Waals surface area contributed by atoms with Gasteiger partial charge in [-0.15, -0.1) is 23.7 Å². The SMILES string of the molecule is CNC(=O)CCOc1ccc(NC(=O)c2csc(CN)n2)cc1.Cl. The number of benzene rings is 1. The third-order valence-corrected chi connectivity index (χ3v) is 3.82. The molecule has 1 aromatic heterocycles. The molecule has 130 valence electrons. The van der Waals surface area contributed by atoms with Crippen LogP contribution in [-0.2, 0) is 11.3 Å². The molecule has 0 aliphatic carbocycles. The van der Waals surface area contributed by atoms with Gasteiger partial charge in [-0.1, -0.05) is 0 Å². The van der Waals surface area contributed by atoms with E-state index in [4.69, 9.17) is 10.5 Å². The standard InChI is InChI=1S/C15H18N4O3S.ClH/c1-17-13(20)6-7-22-11-4-2-10(3-5-11)18-15(21)12-9-23-14(8-16)19-12;/h2-5,9H,6-8,16H2,1H3,(H,17,20)(H,18,21);1H. The number of thiazole rings is 1. The van der Waals surface area contributed by atoms with Crippen molar-refractivity contribution in [1.82, 2.24) is 10.3 Å². The summed E-state index contributed by atoms with van der Waals surface area (Å²) in [6.45, 7) is 0.617. The van der Waals surface area contributed by atoms with Crippen LogP contribution in [0, 0.1) is 0 Å². The Kier molecular flexibility index (Phi) is 8.17. The summed E-state index contributed by atoms with van der Waals surface area (Å²) in [6, 6.07) is 6.91. The van der Waals surface area contributed by atoms with Gasteiger partial charge in [0.2, 0.25) is 5.91 Å². The van der Waals surface area contributed by atoms with E-state index in [1.165, 1.54) is 11.3 Å².